The molecule has 0 aromatic heterocycles. The zero-order valence-electron chi connectivity index (χ0n) is 8.81. The molecule has 0 unspecified atom stereocenters. The quantitative estimate of drug-likeness (QED) is 0.585. The standard InChI is InChI=1S/C13H9F2NO/c14-11-7-4-8-12(13(11)15)16-9-17-10-5-2-1-3-6-10/h1-9H. The molecule has 0 bridgehead atoms. The summed E-state index contributed by atoms with van der Waals surface area (Å²) in [7, 11) is 0. The van der Waals surface area contributed by atoms with Gasteiger partial charge in [-0.25, -0.2) is 13.8 Å². The van der Waals surface area contributed by atoms with Crippen molar-refractivity contribution < 1.29 is 13.5 Å². The zero-order chi connectivity index (χ0) is 12.1. The van der Waals surface area contributed by atoms with Crippen molar-refractivity contribution in [2.45, 2.75) is 0 Å². The third kappa shape index (κ3) is 2.87. The number of hydrogen-bond donors (Lipinski definition) is 0. The van der Waals surface area contributed by atoms with E-state index < -0.39 is 11.6 Å². The summed E-state index contributed by atoms with van der Waals surface area (Å²) in [6.07, 6.45) is 1.08. The van der Waals surface area contributed by atoms with Crippen molar-refractivity contribution in [3.63, 3.8) is 0 Å². The second kappa shape index (κ2) is 5.21. The lowest BCUT2D eigenvalue weighted by molar-refractivity contribution is 0.509. The van der Waals surface area contributed by atoms with Crippen LogP contribution in [0.3, 0.4) is 0 Å². The van der Waals surface area contributed by atoms with E-state index in [1.54, 1.807) is 24.3 Å². The molecule has 4 heteroatoms. The van der Waals surface area contributed by atoms with E-state index in [-0.39, 0.29) is 5.69 Å². The van der Waals surface area contributed by atoms with Gasteiger partial charge in [-0.05, 0) is 24.3 Å². The lowest BCUT2D eigenvalue weighted by Crippen LogP contribution is -1.90. The van der Waals surface area contributed by atoms with E-state index in [4.69, 9.17) is 4.74 Å². The van der Waals surface area contributed by atoms with Crippen LogP contribution in [0.25, 0.3) is 0 Å². The molecule has 2 aromatic rings. The Kier molecular flexibility index (Phi) is 3.45. The van der Waals surface area contributed by atoms with Crippen molar-refractivity contribution >= 4 is 12.1 Å². The summed E-state index contributed by atoms with van der Waals surface area (Å²) < 4.78 is 31.1. The summed E-state index contributed by atoms with van der Waals surface area (Å²) in [5, 5.41) is 0. The molecule has 0 N–H and O–H groups in total. The van der Waals surface area contributed by atoms with Crippen molar-refractivity contribution in [2.75, 3.05) is 0 Å². The third-order valence-corrected chi connectivity index (χ3v) is 2.05. The molecule has 0 saturated carbocycles. The molecule has 2 nitrogen and oxygen atoms in total. The van der Waals surface area contributed by atoms with Gasteiger partial charge < -0.3 is 4.74 Å². The first-order valence-electron chi connectivity index (χ1n) is 4.95. The lowest BCUT2D eigenvalue weighted by Gasteiger charge is -1.99. The summed E-state index contributed by atoms with van der Waals surface area (Å²) in [4.78, 5) is 3.70. The number of aliphatic imine (C=N–C) groups is 1. The fourth-order valence-electron chi connectivity index (χ4n) is 1.24. The van der Waals surface area contributed by atoms with Crippen LogP contribution in [0.1, 0.15) is 0 Å². The molecule has 0 aliphatic heterocycles. The molecule has 0 heterocycles. The maximum Gasteiger partial charge on any atom is 0.184 e. The lowest BCUT2D eigenvalue weighted by atomic mass is 10.3. The molecule has 86 valence electrons. The largest absolute Gasteiger partial charge is 0.446 e. The van der Waals surface area contributed by atoms with Gasteiger partial charge in [-0.2, -0.15) is 0 Å². The average molecular weight is 233 g/mol. The highest BCUT2D eigenvalue weighted by molar-refractivity contribution is 5.58. The predicted octanol–water partition coefficient (Wildman–Crippen LogP) is 3.70. The Morgan fingerprint density at radius 2 is 1.71 bits per heavy atom. The Labute approximate surface area is 97.2 Å². The minimum absolute atomic E-state index is 0.0964. The van der Waals surface area contributed by atoms with Crippen molar-refractivity contribution in [1.29, 1.82) is 0 Å². The molecule has 0 radical (unpaired) electrons. The predicted molar refractivity (Wildman–Crippen MR) is 61.6 cm³/mol. The van der Waals surface area contributed by atoms with Gasteiger partial charge in [-0.1, -0.05) is 24.3 Å². The number of hydrogen-bond acceptors (Lipinski definition) is 2. The fourth-order valence-corrected chi connectivity index (χ4v) is 1.24. The molecule has 0 aliphatic carbocycles. The van der Waals surface area contributed by atoms with E-state index in [2.05, 4.69) is 4.99 Å². The maximum absolute atomic E-state index is 13.2. The smallest absolute Gasteiger partial charge is 0.184 e. The molecule has 0 atom stereocenters. The van der Waals surface area contributed by atoms with E-state index >= 15 is 0 Å². The van der Waals surface area contributed by atoms with Crippen LogP contribution in [0.5, 0.6) is 5.75 Å². The van der Waals surface area contributed by atoms with Crippen LogP contribution in [-0.4, -0.2) is 6.40 Å². The molecule has 17 heavy (non-hydrogen) atoms. The van der Waals surface area contributed by atoms with E-state index in [0.717, 1.165) is 12.5 Å². The second-order valence-corrected chi connectivity index (χ2v) is 3.24. The Balaban J connectivity index is 2.09. The molecule has 2 aromatic carbocycles. The van der Waals surface area contributed by atoms with Crippen molar-refractivity contribution in [3.05, 3.63) is 60.2 Å². The Bertz CT molecular complexity index is 526. The second-order valence-electron chi connectivity index (χ2n) is 3.24. The van der Waals surface area contributed by atoms with Crippen LogP contribution >= 0.6 is 0 Å². The van der Waals surface area contributed by atoms with Crippen LogP contribution in [0.4, 0.5) is 14.5 Å². The number of para-hydroxylation sites is 1. The maximum atomic E-state index is 13.2. The van der Waals surface area contributed by atoms with Crippen LogP contribution in [0.2, 0.25) is 0 Å². The van der Waals surface area contributed by atoms with Gasteiger partial charge in [0.05, 0.1) is 0 Å². The summed E-state index contributed by atoms with van der Waals surface area (Å²) >= 11 is 0. The first kappa shape index (κ1) is 11.3. The number of rotatable bonds is 3. The summed E-state index contributed by atoms with van der Waals surface area (Å²) in [6, 6.07) is 12.7. The number of ether oxygens (including phenoxy) is 1. The minimum atomic E-state index is -0.986. The highest BCUT2D eigenvalue weighted by Crippen LogP contribution is 2.19. The minimum Gasteiger partial charge on any atom is -0.446 e. The summed E-state index contributed by atoms with van der Waals surface area (Å²) in [6.45, 7) is 0. The van der Waals surface area contributed by atoms with Gasteiger partial charge in [0.15, 0.2) is 18.0 Å². The Morgan fingerprint density at radius 3 is 2.47 bits per heavy atom. The molecular weight excluding hydrogens is 224 g/mol. The van der Waals surface area contributed by atoms with Gasteiger partial charge in [-0.3, -0.25) is 0 Å². The van der Waals surface area contributed by atoms with Gasteiger partial charge in [0, 0.05) is 0 Å². The zero-order valence-corrected chi connectivity index (χ0v) is 8.81. The van der Waals surface area contributed by atoms with Crippen molar-refractivity contribution in [2.24, 2.45) is 4.99 Å². The fraction of sp³-hybridized carbons (Fsp3) is 0. The Morgan fingerprint density at radius 1 is 0.941 bits per heavy atom. The van der Waals surface area contributed by atoms with E-state index in [9.17, 15) is 8.78 Å². The highest BCUT2D eigenvalue weighted by Gasteiger charge is 2.05. The Hall–Kier alpha value is -2.23. The number of halogens is 2. The summed E-state index contributed by atoms with van der Waals surface area (Å²) in [5.41, 5.74) is -0.0964. The molecule has 0 fully saturated rings. The van der Waals surface area contributed by atoms with Crippen LogP contribution < -0.4 is 4.74 Å². The van der Waals surface area contributed by atoms with E-state index in [0.29, 0.717) is 5.75 Å². The third-order valence-electron chi connectivity index (χ3n) is 2.05. The number of nitrogens with zero attached hydrogens (tertiary/aromatic N) is 1. The monoisotopic (exact) mass is 233 g/mol. The first-order valence-corrected chi connectivity index (χ1v) is 4.95. The van der Waals surface area contributed by atoms with Gasteiger partial charge in [-0.15, -0.1) is 0 Å². The van der Waals surface area contributed by atoms with Crippen molar-refractivity contribution in [1.82, 2.24) is 0 Å². The normalized spacial score (nSPS) is 10.7. The molecule has 0 aliphatic rings. The average Bonchev–Trinajstić information content (AvgIpc) is 2.36. The van der Waals surface area contributed by atoms with Crippen LogP contribution in [-0.2, 0) is 0 Å². The topological polar surface area (TPSA) is 21.6 Å². The summed E-state index contributed by atoms with van der Waals surface area (Å²) in [5.74, 6) is -1.34. The van der Waals surface area contributed by atoms with Crippen molar-refractivity contribution in [3.8, 4) is 5.75 Å². The van der Waals surface area contributed by atoms with Gasteiger partial charge in [0.2, 0.25) is 0 Å². The van der Waals surface area contributed by atoms with E-state index in [1.807, 2.05) is 6.07 Å². The molecule has 2 rings (SSSR count). The molecule has 0 amide bonds. The highest BCUT2D eigenvalue weighted by atomic mass is 19.2. The molecule has 0 saturated heterocycles. The van der Waals surface area contributed by atoms with Crippen LogP contribution in [0, 0.1) is 11.6 Å². The number of benzene rings is 2. The SMILES string of the molecule is Fc1cccc(N=COc2ccccc2)c1F. The van der Waals surface area contributed by atoms with Crippen LogP contribution in [0.15, 0.2) is 53.5 Å². The molecular formula is C13H9F2NO. The first-order chi connectivity index (χ1) is 8.27. The molecule has 0 spiro atoms. The van der Waals surface area contributed by atoms with Gasteiger partial charge in [0.1, 0.15) is 11.4 Å². The van der Waals surface area contributed by atoms with Gasteiger partial charge >= 0.3 is 0 Å². The van der Waals surface area contributed by atoms with E-state index in [1.165, 1.54) is 12.1 Å². The van der Waals surface area contributed by atoms with Gasteiger partial charge in [0.25, 0.3) is 0 Å².